The predicted octanol–water partition coefficient (Wildman–Crippen LogP) is 2.16. The number of anilines is 1. The summed E-state index contributed by atoms with van der Waals surface area (Å²) >= 11 is 3.36. The SMILES string of the molecule is C=CC(=O)N1CCC(C(=O)N2CCN(C(=O)Nc3ccc(Br)cc3)CC2)C1. The number of hydrogen-bond donors (Lipinski definition) is 1. The Morgan fingerprint density at radius 3 is 2.26 bits per heavy atom. The first-order valence-electron chi connectivity index (χ1n) is 8.99. The molecule has 0 spiro atoms. The summed E-state index contributed by atoms with van der Waals surface area (Å²) in [5, 5.41) is 2.87. The van der Waals surface area contributed by atoms with Crippen LogP contribution in [0.3, 0.4) is 0 Å². The zero-order chi connectivity index (χ0) is 19.4. The van der Waals surface area contributed by atoms with Crippen LogP contribution in [0.2, 0.25) is 0 Å². The first kappa shape index (κ1) is 19.4. The first-order valence-corrected chi connectivity index (χ1v) is 9.79. The monoisotopic (exact) mass is 434 g/mol. The van der Waals surface area contributed by atoms with Crippen molar-refractivity contribution in [3.05, 3.63) is 41.4 Å². The van der Waals surface area contributed by atoms with E-state index >= 15 is 0 Å². The molecule has 1 atom stereocenters. The average molecular weight is 435 g/mol. The van der Waals surface area contributed by atoms with E-state index in [1.807, 2.05) is 24.3 Å². The first-order chi connectivity index (χ1) is 13.0. The van der Waals surface area contributed by atoms with Gasteiger partial charge in [0.25, 0.3) is 0 Å². The van der Waals surface area contributed by atoms with Crippen molar-refractivity contribution in [2.45, 2.75) is 6.42 Å². The van der Waals surface area contributed by atoms with Crippen molar-refractivity contribution in [1.82, 2.24) is 14.7 Å². The van der Waals surface area contributed by atoms with Crippen LogP contribution >= 0.6 is 15.9 Å². The number of carbonyl (C=O) groups is 3. The van der Waals surface area contributed by atoms with Gasteiger partial charge in [-0.3, -0.25) is 9.59 Å². The van der Waals surface area contributed by atoms with Crippen molar-refractivity contribution < 1.29 is 14.4 Å². The standard InChI is InChI=1S/C19H23BrN4O3/c1-2-17(25)24-8-7-14(13-24)18(26)22-9-11-23(12-10-22)19(27)21-16-5-3-15(20)4-6-16/h2-6,14H,1,7-13H2,(H,21,27). The quantitative estimate of drug-likeness (QED) is 0.740. The Kier molecular flexibility index (Phi) is 6.15. The van der Waals surface area contributed by atoms with E-state index in [1.165, 1.54) is 6.08 Å². The summed E-state index contributed by atoms with van der Waals surface area (Å²) in [7, 11) is 0. The van der Waals surface area contributed by atoms with Crippen LogP contribution in [0.15, 0.2) is 41.4 Å². The van der Waals surface area contributed by atoms with Crippen LogP contribution < -0.4 is 5.32 Å². The molecule has 2 aliphatic rings. The van der Waals surface area contributed by atoms with Crippen molar-refractivity contribution in [2.75, 3.05) is 44.6 Å². The van der Waals surface area contributed by atoms with E-state index < -0.39 is 0 Å². The Labute approximate surface area is 167 Å². The molecule has 144 valence electrons. The Morgan fingerprint density at radius 1 is 1.00 bits per heavy atom. The second-order valence-electron chi connectivity index (χ2n) is 6.72. The number of halogens is 1. The smallest absolute Gasteiger partial charge is 0.321 e. The second-order valence-corrected chi connectivity index (χ2v) is 7.64. The van der Waals surface area contributed by atoms with E-state index in [-0.39, 0.29) is 23.8 Å². The molecule has 0 radical (unpaired) electrons. The van der Waals surface area contributed by atoms with Gasteiger partial charge in [-0.15, -0.1) is 0 Å². The summed E-state index contributed by atoms with van der Waals surface area (Å²) in [5.74, 6) is -0.209. The van der Waals surface area contributed by atoms with Gasteiger partial charge >= 0.3 is 6.03 Å². The molecule has 7 nitrogen and oxygen atoms in total. The maximum absolute atomic E-state index is 12.7. The molecule has 0 aromatic heterocycles. The summed E-state index contributed by atoms with van der Waals surface area (Å²) in [4.78, 5) is 41.9. The summed E-state index contributed by atoms with van der Waals surface area (Å²) in [5.41, 5.74) is 0.736. The van der Waals surface area contributed by atoms with Crippen molar-refractivity contribution >= 4 is 39.5 Å². The third-order valence-corrected chi connectivity index (χ3v) is 5.53. The lowest BCUT2D eigenvalue weighted by Crippen LogP contribution is -2.53. The van der Waals surface area contributed by atoms with Crippen LogP contribution in [-0.2, 0) is 9.59 Å². The van der Waals surface area contributed by atoms with Gasteiger partial charge in [0.15, 0.2) is 0 Å². The van der Waals surface area contributed by atoms with Crippen molar-refractivity contribution in [2.24, 2.45) is 5.92 Å². The van der Waals surface area contributed by atoms with Gasteiger partial charge in [0.1, 0.15) is 0 Å². The number of likely N-dealkylation sites (tertiary alicyclic amines) is 1. The molecule has 4 amide bonds. The molecule has 0 bridgehead atoms. The molecule has 2 saturated heterocycles. The average Bonchev–Trinajstić information content (AvgIpc) is 3.19. The van der Waals surface area contributed by atoms with Crippen molar-refractivity contribution in [1.29, 1.82) is 0 Å². The molecule has 1 N–H and O–H groups in total. The van der Waals surface area contributed by atoms with Gasteiger partial charge in [-0.05, 0) is 36.8 Å². The molecule has 27 heavy (non-hydrogen) atoms. The van der Waals surface area contributed by atoms with Gasteiger partial charge in [-0.25, -0.2) is 4.79 Å². The van der Waals surface area contributed by atoms with Crippen LogP contribution in [0.4, 0.5) is 10.5 Å². The van der Waals surface area contributed by atoms with Gasteiger partial charge in [0.2, 0.25) is 11.8 Å². The molecule has 2 fully saturated rings. The third kappa shape index (κ3) is 4.68. The number of urea groups is 1. The number of nitrogens with one attached hydrogen (secondary N) is 1. The van der Waals surface area contributed by atoms with Gasteiger partial charge in [0.05, 0.1) is 5.92 Å². The van der Waals surface area contributed by atoms with Crippen LogP contribution in [-0.4, -0.2) is 71.8 Å². The van der Waals surface area contributed by atoms with Crippen LogP contribution in [0, 0.1) is 5.92 Å². The lowest BCUT2D eigenvalue weighted by atomic mass is 10.1. The van der Waals surface area contributed by atoms with Crippen molar-refractivity contribution in [3.8, 4) is 0 Å². The fourth-order valence-corrected chi connectivity index (χ4v) is 3.68. The largest absolute Gasteiger partial charge is 0.339 e. The zero-order valence-corrected chi connectivity index (χ0v) is 16.7. The van der Waals surface area contributed by atoms with Gasteiger partial charge in [-0.1, -0.05) is 22.5 Å². The molecule has 0 aliphatic carbocycles. The van der Waals surface area contributed by atoms with Crippen molar-refractivity contribution in [3.63, 3.8) is 0 Å². The zero-order valence-electron chi connectivity index (χ0n) is 15.1. The van der Waals surface area contributed by atoms with Crippen LogP contribution in [0.5, 0.6) is 0 Å². The molecule has 2 heterocycles. The maximum atomic E-state index is 12.7. The molecular weight excluding hydrogens is 412 g/mol. The fourth-order valence-electron chi connectivity index (χ4n) is 3.41. The number of nitrogens with zero attached hydrogens (tertiary/aromatic N) is 3. The lowest BCUT2D eigenvalue weighted by molar-refractivity contribution is -0.136. The number of rotatable bonds is 3. The van der Waals surface area contributed by atoms with E-state index in [1.54, 1.807) is 14.7 Å². The maximum Gasteiger partial charge on any atom is 0.321 e. The highest BCUT2D eigenvalue weighted by Gasteiger charge is 2.34. The Morgan fingerprint density at radius 2 is 1.63 bits per heavy atom. The highest BCUT2D eigenvalue weighted by molar-refractivity contribution is 9.10. The minimum absolute atomic E-state index is 0.0716. The van der Waals surface area contributed by atoms with Gasteiger partial charge in [0, 0.05) is 49.4 Å². The predicted molar refractivity (Wildman–Crippen MR) is 106 cm³/mol. The van der Waals surface area contributed by atoms with E-state index in [0.717, 1.165) is 10.2 Å². The number of piperazine rings is 1. The molecule has 2 aliphatic heterocycles. The fraction of sp³-hybridized carbons (Fsp3) is 0.421. The Bertz CT molecular complexity index is 729. The van der Waals surface area contributed by atoms with Gasteiger partial charge < -0.3 is 20.0 Å². The molecule has 1 aromatic carbocycles. The van der Waals surface area contributed by atoms with E-state index in [9.17, 15) is 14.4 Å². The van der Waals surface area contributed by atoms with E-state index in [2.05, 4.69) is 27.8 Å². The Balaban J connectivity index is 1.47. The number of hydrogen-bond acceptors (Lipinski definition) is 3. The molecular formula is C19H23BrN4O3. The minimum Gasteiger partial charge on any atom is -0.339 e. The highest BCUT2D eigenvalue weighted by atomic mass is 79.9. The van der Waals surface area contributed by atoms with E-state index in [4.69, 9.17) is 0 Å². The summed E-state index contributed by atoms with van der Waals surface area (Å²) in [6.07, 6.45) is 1.97. The molecule has 3 rings (SSSR count). The molecule has 1 aromatic rings. The van der Waals surface area contributed by atoms with E-state index in [0.29, 0.717) is 45.7 Å². The summed E-state index contributed by atoms with van der Waals surface area (Å²) in [6, 6.07) is 7.24. The summed E-state index contributed by atoms with van der Waals surface area (Å²) in [6.45, 7) is 6.56. The Hall–Kier alpha value is -2.35. The molecule has 8 heteroatoms. The highest BCUT2D eigenvalue weighted by Crippen LogP contribution is 2.20. The number of carbonyl (C=O) groups excluding carboxylic acids is 3. The third-order valence-electron chi connectivity index (χ3n) is 5.00. The van der Waals surface area contributed by atoms with Crippen LogP contribution in [0.25, 0.3) is 0 Å². The molecule has 1 unspecified atom stereocenters. The van der Waals surface area contributed by atoms with Gasteiger partial charge in [-0.2, -0.15) is 0 Å². The number of amides is 4. The minimum atomic E-state index is -0.159. The van der Waals surface area contributed by atoms with Crippen LogP contribution in [0.1, 0.15) is 6.42 Å². The molecule has 0 saturated carbocycles. The number of benzene rings is 1. The normalized spacial score (nSPS) is 19.7. The summed E-state index contributed by atoms with van der Waals surface area (Å²) < 4.78 is 0.952. The lowest BCUT2D eigenvalue weighted by Gasteiger charge is -2.35. The topological polar surface area (TPSA) is 73.0 Å². The second kappa shape index (κ2) is 8.56.